The monoisotopic (exact) mass is 297 g/mol. The number of nitrogens with one attached hydrogen (secondary N) is 1. The maximum absolute atomic E-state index is 11.5. The topological polar surface area (TPSA) is 95.7 Å². The molecular weight excluding hydrogens is 286 g/mol. The van der Waals surface area contributed by atoms with Gasteiger partial charge < -0.3 is 11.1 Å². The molecular formula is C11H11N3O3S2. The standard InChI is InChI=1S/C11H11N3O3S2/c12-11(15)13-8-4-1-2-5-9(8)14(19(16)17)10-6-3-7-18-10/h1-7H,(H,16,17)(H3,12,13,15). The molecule has 1 aromatic carbocycles. The predicted molar refractivity (Wildman–Crippen MR) is 76.9 cm³/mol. The van der Waals surface area contributed by atoms with Gasteiger partial charge in [0, 0.05) is 0 Å². The first-order valence-corrected chi connectivity index (χ1v) is 7.14. The first-order valence-electron chi connectivity index (χ1n) is 5.19. The van der Waals surface area contributed by atoms with Crippen molar-refractivity contribution >= 4 is 45.0 Å². The van der Waals surface area contributed by atoms with Gasteiger partial charge in [-0.15, -0.1) is 11.3 Å². The van der Waals surface area contributed by atoms with Crippen LogP contribution in [0.25, 0.3) is 0 Å². The third kappa shape index (κ3) is 3.11. The van der Waals surface area contributed by atoms with Gasteiger partial charge in [-0.2, -0.15) is 0 Å². The summed E-state index contributed by atoms with van der Waals surface area (Å²) in [7, 11) is 0. The van der Waals surface area contributed by atoms with E-state index in [0.717, 1.165) is 0 Å². The molecule has 1 heterocycles. The summed E-state index contributed by atoms with van der Waals surface area (Å²) >= 11 is -0.946. The number of rotatable bonds is 4. The lowest BCUT2D eigenvalue weighted by Gasteiger charge is -2.20. The Bertz CT molecular complexity index is 601. The Morgan fingerprint density at radius 1 is 1.32 bits per heavy atom. The van der Waals surface area contributed by atoms with Gasteiger partial charge in [-0.3, -0.25) is 4.55 Å². The molecule has 4 N–H and O–H groups in total. The number of hydrogen-bond acceptors (Lipinski definition) is 3. The van der Waals surface area contributed by atoms with Crippen molar-refractivity contribution in [2.45, 2.75) is 0 Å². The van der Waals surface area contributed by atoms with Gasteiger partial charge in [0.25, 0.3) is 11.3 Å². The summed E-state index contributed by atoms with van der Waals surface area (Å²) in [5.74, 6) is 0. The Hall–Kier alpha value is -1.90. The summed E-state index contributed by atoms with van der Waals surface area (Å²) in [5, 5.41) is 4.80. The SMILES string of the molecule is NC(=O)Nc1ccccc1N(c1cccs1)S(=O)O. The second-order valence-electron chi connectivity index (χ2n) is 3.48. The molecule has 0 aliphatic carbocycles. The van der Waals surface area contributed by atoms with Gasteiger partial charge in [-0.25, -0.2) is 13.3 Å². The van der Waals surface area contributed by atoms with Crippen LogP contribution in [0, 0.1) is 0 Å². The van der Waals surface area contributed by atoms with Crippen LogP contribution in [0.3, 0.4) is 0 Å². The summed E-state index contributed by atoms with van der Waals surface area (Å²) in [6.07, 6.45) is 0. The fourth-order valence-electron chi connectivity index (χ4n) is 1.55. The van der Waals surface area contributed by atoms with E-state index >= 15 is 0 Å². The van der Waals surface area contributed by atoms with Gasteiger partial charge in [0.1, 0.15) is 5.00 Å². The molecule has 0 aliphatic heterocycles. The fraction of sp³-hybridized carbons (Fsp3) is 0. The van der Waals surface area contributed by atoms with E-state index in [-0.39, 0.29) is 0 Å². The summed E-state index contributed by atoms with van der Waals surface area (Å²) < 4.78 is 22.2. The summed E-state index contributed by atoms with van der Waals surface area (Å²) in [4.78, 5) is 11.0. The lowest BCUT2D eigenvalue weighted by atomic mass is 10.2. The molecule has 0 bridgehead atoms. The highest BCUT2D eigenvalue weighted by Gasteiger charge is 2.19. The summed E-state index contributed by atoms with van der Waals surface area (Å²) in [5.41, 5.74) is 5.84. The van der Waals surface area contributed by atoms with Crippen LogP contribution in [0.1, 0.15) is 0 Å². The first kappa shape index (κ1) is 13.5. The zero-order valence-corrected chi connectivity index (χ0v) is 11.3. The molecule has 2 aromatic rings. The van der Waals surface area contributed by atoms with Crippen LogP contribution in [0.15, 0.2) is 41.8 Å². The number of carbonyl (C=O) groups is 1. The van der Waals surface area contributed by atoms with Crippen molar-refractivity contribution in [3.8, 4) is 0 Å². The van der Waals surface area contributed by atoms with Gasteiger partial charge in [0.05, 0.1) is 11.4 Å². The molecule has 19 heavy (non-hydrogen) atoms. The number of nitrogens with two attached hydrogens (primary N) is 1. The van der Waals surface area contributed by atoms with Crippen molar-refractivity contribution in [1.29, 1.82) is 0 Å². The minimum atomic E-state index is -2.26. The zero-order chi connectivity index (χ0) is 13.8. The lowest BCUT2D eigenvalue weighted by Crippen LogP contribution is -2.23. The molecule has 8 heteroatoms. The average molecular weight is 297 g/mol. The van der Waals surface area contributed by atoms with Crippen LogP contribution in [0.2, 0.25) is 0 Å². The third-order valence-corrected chi connectivity index (χ3v) is 3.92. The van der Waals surface area contributed by atoms with Gasteiger partial charge in [-0.1, -0.05) is 12.1 Å². The molecule has 0 saturated carbocycles. The number of hydrogen-bond donors (Lipinski definition) is 3. The van der Waals surface area contributed by atoms with Crippen molar-refractivity contribution in [2.75, 3.05) is 9.62 Å². The second kappa shape index (κ2) is 5.83. The molecule has 100 valence electrons. The van der Waals surface area contributed by atoms with Crippen LogP contribution in [-0.2, 0) is 11.3 Å². The van der Waals surface area contributed by atoms with E-state index in [4.69, 9.17) is 5.73 Å². The number of thiophene rings is 1. The van der Waals surface area contributed by atoms with E-state index in [0.29, 0.717) is 16.4 Å². The molecule has 6 nitrogen and oxygen atoms in total. The van der Waals surface area contributed by atoms with E-state index < -0.39 is 17.3 Å². The van der Waals surface area contributed by atoms with Crippen LogP contribution < -0.4 is 15.4 Å². The Balaban J connectivity index is 2.48. The van der Waals surface area contributed by atoms with Crippen molar-refractivity contribution in [3.05, 3.63) is 41.8 Å². The smallest absolute Gasteiger partial charge is 0.316 e. The van der Waals surface area contributed by atoms with E-state index in [9.17, 15) is 13.6 Å². The molecule has 0 spiro atoms. The second-order valence-corrected chi connectivity index (χ2v) is 5.24. The fourth-order valence-corrected chi connectivity index (χ4v) is 3.06. The molecule has 0 fully saturated rings. The molecule has 0 radical (unpaired) electrons. The number of nitrogens with zero attached hydrogens (tertiary/aromatic N) is 1. The highest BCUT2D eigenvalue weighted by Crippen LogP contribution is 2.35. The number of amides is 2. The predicted octanol–water partition coefficient (Wildman–Crippen LogP) is 2.51. The zero-order valence-electron chi connectivity index (χ0n) is 9.65. The third-order valence-electron chi connectivity index (χ3n) is 2.24. The minimum absolute atomic E-state index is 0.366. The molecule has 2 rings (SSSR count). The van der Waals surface area contributed by atoms with Crippen molar-refractivity contribution in [2.24, 2.45) is 5.73 Å². The summed E-state index contributed by atoms with van der Waals surface area (Å²) in [6.45, 7) is 0. The van der Waals surface area contributed by atoms with E-state index in [1.54, 1.807) is 41.8 Å². The Morgan fingerprint density at radius 2 is 2.05 bits per heavy atom. The minimum Gasteiger partial charge on any atom is -0.351 e. The average Bonchev–Trinajstić information content (AvgIpc) is 2.84. The van der Waals surface area contributed by atoms with E-state index in [1.807, 2.05) is 0 Å². The van der Waals surface area contributed by atoms with Crippen molar-refractivity contribution < 1.29 is 13.6 Å². The van der Waals surface area contributed by atoms with Crippen molar-refractivity contribution in [3.63, 3.8) is 0 Å². The van der Waals surface area contributed by atoms with Gasteiger partial charge in [0.15, 0.2) is 0 Å². The Morgan fingerprint density at radius 3 is 2.63 bits per heavy atom. The molecule has 0 aliphatic rings. The van der Waals surface area contributed by atoms with Crippen LogP contribution >= 0.6 is 11.3 Å². The quantitative estimate of drug-likeness (QED) is 0.757. The number of carbonyl (C=O) groups excluding carboxylic acids is 1. The van der Waals surface area contributed by atoms with Gasteiger partial charge in [0.2, 0.25) is 0 Å². The Kier molecular flexibility index (Phi) is 4.15. The van der Waals surface area contributed by atoms with E-state index in [2.05, 4.69) is 5.32 Å². The lowest BCUT2D eigenvalue weighted by molar-refractivity contribution is 0.259. The molecule has 1 atom stereocenters. The molecule has 0 saturated heterocycles. The number of urea groups is 1. The number of primary amides is 1. The Labute approximate surface area is 116 Å². The van der Waals surface area contributed by atoms with Crippen LogP contribution in [-0.4, -0.2) is 14.8 Å². The van der Waals surface area contributed by atoms with Crippen molar-refractivity contribution in [1.82, 2.24) is 0 Å². The molecule has 1 unspecified atom stereocenters. The number of para-hydroxylation sites is 2. The maximum atomic E-state index is 11.5. The molecule has 1 aromatic heterocycles. The highest BCUT2D eigenvalue weighted by atomic mass is 32.2. The largest absolute Gasteiger partial charge is 0.351 e. The van der Waals surface area contributed by atoms with E-state index in [1.165, 1.54) is 15.6 Å². The van der Waals surface area contributed by atoms with Gasteiger partial charge in [-0.05, 0) is 29.6 Å². The van der Waals surface area contributed by atoms with Crippen LogP contribution in [0.5, 0.6) is 0 Å². The summed E-state index contributed by atoms with van der Waals surface area (Å²) in [6, 6.07) is 9.37. The number of benzene rings is 1. The van der Waals surface area contributed by atoms with Crippen LogP contribution in [0.4, 0.5) is 21.2 Å². The number of anilines is 3. The van der Waals surface area contributed by atoms with Gasteiger partial charge >= 0.3 is 6.03 Å². The first-order chi connectivity index (χ1) is 9.09. The maximum Gasteiger partial charge on any atom is 0.316 e. The highest BCUT2D eigenvalue weighted by molar-refractivity contribution is 7.81. The molecule has 2 amide bonds. The normalized spacial score (nSPS) is 11.8.